The van der Waals surface area contributed by atoms with Crippen LogP contribution in [0.2, 0.25) is 0 Å². The molecule has 110 valence electrons. The lowest BCUT2D eigenvalue weighted by Crippen LogP contribution is -2.16. The normalized spacial score (nSPS) is 10.3. The second kappa shape index (κ2) is 6.62. The molecule has 0 unspecified atom stereocenters. The van der Waals surface area contributed by atoms with Crippen LogP contribution in [0.3, 0.4) is 0 Å². The summed E-state index contributed by atoms with van der Waals surface area (Å²) in [5, 5.41) is 2.58. The van der Waals surface area contributed by atoms with Gasteiger partial charge in [0.05, 0.1) is 0 Å². The predicted octanol–water partition coefficient (Wildman–Crippen LogP) is 2.22. The van der Waals surface area contributed by atoms with Gasteiger partial charge in [0.2, 0.25) is 0 Å². The number of halogens is 2. The van der Waals surface area contributed by atoms with E-state index in [-0.39, 0.29) is 11.4 Å². The molecule has 0 fully saturated rings. The molecule has 4 N–H and O–H groups in total. The topological polar surface area (TPSA) is 89.3 Å². The molecule has 0 spiro atoms. The number of hydrogen-bond donors (Lipinski definition) is 3. The molecule has 2 aromatic rings. The Morgan fingerprint density at radius 2 is 1.90 bits per heavy atom. The maximum Gasteiger partial charge on any atom is 0.387 e. The number of nitrogens with two attached hydrogens (primary N) is 1. The van der Waals surface area contributed by atoms with Crippen LogP contribution in [-0.2, 0) is 0 Å². The summed E-state index contributed by atoms with van der Waals surface area (Å²) in [6.07, 6.45) is 0. The molecule has 0 aliphatic rings. The maximum atomic E-state index is 12.0. The number of hydrazine groups is 1. The van der Waals surface area contributed by atoms with Crippen molar-refractivity contribution in [3.63, 3.8) is 0 Å². The molecule has 0 aliphatic carbocycles. The van der Waals surface area contributed by atoms with Gasteiger partial charge in [-0.1, -0.05) is 6.07 Å². The van der Waals surface area contributed by atoms with Crippen LogP contribution >= 0.6 is 0 Å². The van der Waals surface area contributed by atoms with Gasteiger partial charge >= 0.3 is 6.61 Å². The largest absolute Gasteiger partial charge is 0.435 e. The van der Waals surface area contributed by atoms with Gasteiger partial charge in [0.25, 0.3) is 5.91 Å². The van der Waals surface area contributed by atoms with Crippen molar-refractivity contribution in [2.45, 2.75) is 6.61 Å². The highest BCUT2D eigenvalue weighted by Crippen LogP contribution is 2.18. The highest BCUT2D eigenvalue weighted by molar-refractivity contribution is 6.03. The lowest BCUT2D eigenvalue weighted by molar-refractivity contribution is -0.0498. The molecule has 8 heteroatoms. The van der Waals surface area contributed by atoms with Gasteiger partial charge < -0.3 is 15.5 Å². The van der Waals surface area contributed by atoms with E-state index in [9.17, 15) is 13.6 Å². The van der Waals surface area contributed by atoms with E-state index in [2.05, 4.69) is 20.5 Å². The number of carbonyl (C=O) groups is 1. The maximum absolute atomic E-state index is 12.0. The average Bonchev–Trinajstić information content (AvgIpc) is 2.49. The third-order valence-electron chi connectivity index (χ3n) is 2.47. The first-order valence-electron chi connectivity index (χ1n) is 5.88. The Bertz CT molecular complexity index is 620. The van der Waals surface area contributed by atoms with Gasteiger partial charge in [-0.15, -0.1) is 0 Å². The van der Waals surface area contributed by atoms with Crippen molar-refractivity contribution in [1.29, 1.82) is 0 Å². The van der Waals surface area contributed by atoms with Crippen molar-refractivity contribution in [3.8, 4) is 5.75 Å². The van der Waals surface area contributed by atoms with Crippen molar-refractivity contribution < 1.29 is 18.3 Å². The van der Waals surface area contributed by atoms with E-state index in [0.29, 0.717) is 11.5 Å². The minimum atomic E-state index is -2.89. The summed E-state index contributed by atoms with van der Waals surface area (Å²) in [6.45, 7) is -2.89. The number of aromatic nitrogens is 1. The molecule has 0 aliphatic heterocycles. The third kappa shape index (κ3) is 4.11. The van der Waals surface area contributed by atoms with Crippen molar-refractivity contribution in [2.24, 2.45) is 5.84 Å². The SMILES string of the molecule is NNc1cccc(C(=O)Nc2ccc(OC(F)F)cc2)n1. The molecule has 0 saturated heterocycles. The molecule has 0 bridgehead atoms. The smallest absolute Gasteiger partial charge is 0.387 e. The van der Waals surface area contributed by atoms with E-state index >= 15 is 0 Å². The summed E-state index contributed by atoms with van der Waals surface area (Å²) < 4.78 is 28.2. The summed E-state index contributed by atoms with van der Waals surface area (Å²) >= 11 is 0. The number of alkyl halides is 2. The number of pyridine rings is 1. The minimum Gasteiger partial charge on any atom is -0.435 e. The van der Waals surface area contributed by atoms with Gasteiger partial charge in [-0.3, -0.25) is 4.79 Å². The molecule has 2 rings (SSSR count). The Balaban J connectivity index is 2.05. The average molecular weight is 294 g/mol. The van der Waals surface area contributed by atoms with E-state index in [4.69, 9.17) is 5.84 Å². The van der Waals surface area contributed by atoms with Gasteiger partial charge in [0.1, 0.15) is 17.3 Å². The number of ether oxygens (including phenoxy) is 1. The number of nitrogens with one attached hydrogen (secondary N) is 2. The van der Waals surface area contributed by atoms with Crippen molar-refractivity contribution in [2.75, 3.05) is 10.7 Å². The molecular weight excluding hydrogens is 282 g/mol. The van der Waals surface area contributed by atoms with Gasteiger partial charge in [-0.2, -0.15) is 8.78 Å². The Labute approximate surface area is 118 Å². The van der Waals surface area contributed by atoms with Crippen molar-refractivity contribution >= 4 is 17.4 Å². The zero-order valence-corrected chi connectivity index (χ0v) is 10.7. The molecule has 6 nitrogen and oxygen atoms in total. The second-order valence-electron chi connectivity index (χ2n) is 3.91. The molecule has 0 saturated carbocycles. The van der Waals surface area contributed by atoms with Crippen LogP contribution in [0.15, 0.2) is 42.5 Å². The van der Waals surface area contributed by atoms with Gasteiger partial charge in [0, 0.05) is 5.69 Å². The lowest BCUT2D eigenvalue weighted by atomic mass is 10.2. The Hall–Kier alpha value is -2.74. The van der Waals surface area contributed by atoms with E-state index < -0.39 is 12.5 Å². The fraction of sp³-hybridized carbons (Fsp3) is 0.0769. The second-order valence-corrected chi connectivity index (χ2v) is 3.91. The van der Waals surface area contributed by atoms with Crippen LogP contribution in [0.4, 0.5) is 20.3 Å². The highest BCUT2D eigenvalue weighted by Gasteiger charge is 2.09. The van der Waals surface area contributed by atoms with Crippen LogP contribution in [-0.4, -0.2) is 17.5 Å². The van der Waals surface area contributed by atoms with Crippen molar-refractivity contribution in [1.82, 2.24) is 4.98 Å². The molecule has 1 aromatic heterocycles. The van der Waals surface area contributed by atoms with Gasteiger partial charge in [-0.25, -0.2) is 10.8 Å². The number of carbonyl (C=O) groups excluding carboxylic acids is 1. The molecular formula is C13H12F2N4O2. The molecule has 1 heterocycles. The molecule has 1 aromatic carbocycles. The van der Waals surface area contributed by atoms with E-state index in [0.717, 1.165) is 0 Å². The predicted molar refractivity (Wildman–Crippen MR) is 73.1 cm³/mol. The summed E-state index contributed by atoms with van der Waals surface area (Å²) in [7, 11) is 0. The zero-order chi connectivity index (χ0) is 15.2. The fourth-order valence-corrected chi connectivity index (χ4v) is 1.56. The van der Waals surface area contributed by atoms with E-state index in [1.165, 1.54) is 30.3 Å². The van der Waals surface area contributed by atoms with Crippen LogP contribution in [0, 0.1) is 0 Å². The third-order valence-corrected chi connectivity index (χ3v) is 2.47. The highest BCUT2D eigenvalue weighted by atomic mass is 19.3. The van der Waals surface area contributed by atoms with Crippen LogP contribution in [0.25, 0.3) is 0 Å². The number of amides is 1. The molecule has 21 heavy (non-hydrogen) atoms. The minimum absolute atomic E-state index is 0.00968. The Morgan fingerprint density at radius 1 is 1.19 bits per heavy atom. The first-order chi connectivity index (χ1) is 10.1. The number of nitrogen functional groups attached to an aromatic ring is 1. The summed E-state index contributed by atoms with van der Waals surface area (Å²) in [5.74, 6) is 5.12. The summed E-state index contributed by atoms with van der Waals surface area (Å²) in [4.78, 5) is 15.9. The number of benzene rings is 1. The Morgan fingerprint density at radius 3 is 2.52 bits per heavy atom. The van der Waals surface area contributed by atoms with Crippen LogP contribution < -0.4 is 21.3 Å². The first kappa shape index (κ1) is 14.7. The van der Waals surface area contributed by atoms with Gasteiger partial charge in [0.15, 0.2) is 0 Å². The van der Waals surface area contributed by atoms with E-state index in [1.54, 1.807) is 12.1 Å². The van der Waals surface area contributed by atoms with Crippen molar-refractivity contribution in [3.05, 3.63) is 48.2 Å². The van der Waals surface area contributed by atoms with Crippen LogP contribution in [0.5, 0.6) is 5.75 Å². The number of rotatable bonds is 5. The molecule has 0 atom stereocenters. The quantitative estimate of drug-likeness (QED) is 0.581. The lowest BCUT2D eigenvalue weighted by Gasteiger charge is -2.08. The number of nitrogens with zero attached hydrogens (tertiary/aromatic N) is 1. The van der Waals surface area contributed by atoms with Crippen LogP contribution in [0.1, 0.15) is 10.5 Å². The fourth-order valence-electron chi connectivity index (χ4n) is 1.56. The Kier molecular flexibility index (Phi) is 4.62. The molecule has 1 amide bonds. The molecule has 0 radical (unpaired) electrons. The number of hydrogen-bond acceptors (Lipinski definition) is 5. The van der Waals surface area contributed by atoms with Gasteiger partial charge in [-0.05, 0) is 36.4 Å². The first-order valence-corrected chi connectivity index (χ1v) is 5.88. The monoisotopic (exact) mass is 294 g/mol. The summed E-state index contributed by atoms with van der Waals surface area (Å²) in [6, 6.07) is 10.3. The number of anilines is 2. The zero-order valence-electron chi connectivity index (χ0n) is 10.7. The summed E-state index contributed by atoms with van der Waals surface area (Å²) in [5.41, 5.74) is 2.92. The standard InChI is InChI=1S/C13H12F2N4O2/c14-13(15)21-9-6-4-8(5-7-9)17-12(20)10-2-1-3-11(18-10)19-16/h1-7,13H,16H2,(H,17,20)(H,18,19). The van der Waals surface area contributed by atoms with E-state index in [1.807, 2.05) is 0 Å².